The van der Waals surface area contributed by atoms with Crippen LogP contribution < -0.4 is 10.6 Å². The molecule has 0 bridgehead atoms. The number of aliphatic hydroxyl groups is 1. The first-order chi connectivity index (χ1) is 19.3. The summed E-state index contributed by atoms with van der Waals surface area (Å²) in [6.45, 7) is 4.69. The van der Waals surface area contributed by atoms with Gasteiger partial charge in [-0.2, -0.15) is 0 Å². The molecule has 3 unspecified atom stereocenters. The lowest BCUT2D eigenvalue weighted by Gasteiger charge is -2.43. The summed E-state index contributed by atoms with van der Waals surface area (Å²) in [5.41, 5.74) is 1.42. The third-order valence-electron chi connectivity index (χ3n) is 8.58. The maximum atomic E-state index is 13.6. The maximum absolute atomic E-state index is 13.6. The van der Waals surface area contributed by atoms with Gasteiger partial charge in [0, 0.05) is 37.6 Å². The molecule has 1 saturated carbocycles. The highest BCUT2D eigenvalue weighted by atomic mass is 16.5. The van der Waals surface area contributed by atoms with Crippen LogP contribution in [0.2, 0.25) is 0 Å². The number of hydrogen-bond acceptors (Lipinski definition) is 6. The Hall–Kier alpha value is -3.63. The van der Waals surface area contributed by atoms with Gasteiger partial charge in [0.25, 0.3) is 0 Å². The van der Waals surface area contributed by atoms with Gasteiger partial charge in [-0.25, -0.2) is 9.59 Å². The van der Waals surface area contributed by atoms with E-state index in [0.29, 0.717) is 44.0 Å². The van der Waals surface area contributed by atoms with Gasteiger partial charge < -0.3 is 29.9 Å². The first-order valence-electron chi connectivity index (χ1n) is 14.2. The molecule has 10 nitrogen and oxygen atoms in total. The van der Waals surface area contributed by atoms with Gasteiger partial charge in [0.05, 0.1) is 12.1 Å². The van der Waals surface area contributed by atoms with Crippen LogP contribution in [0, 0.1) is 5.41 Å². The fourth-order valence-corrected chi connectivity index (χ4v) is 5.78. The maximum Gasteiger partial charge on any atom is 0.411 e. The molecule has 3 N–H and O–H groups in total. The van der Waals surface area contributed by atoms with Crippen LogP contribution in [-0.2, 0) is 9.53 Å². The molecule has 1 aliphatic carbocycles. The predicted octanol–water partition coefficient (Wildman–Crippen LogP) is 3.61. The summed E-state index contributed by atoms with van der Waals surface area (Å²) in [5.74, 6) is -0.179. The van der Waals surface area contributed by atoms with Gasteiger partial charge in [-0.1, -0.05) is 36.4 Å². The van der Waals surface area contributed by atoms with Crippen LogP contribution in [0.25, 0.3) is 0 Å². The normalized spacial score (nSPS) is 23.0. The van der Waals surface area contributed by atoms with Crippen LogP contribution in [-0.4, -0.2) is 95.4 Å². The molecule has 2 heterocycles. The van der Waals surface area contributed by atoms with E-state index in [2.05, 4.69) is 15.5 Å². The molecule has 3 aliphatic rings. The number of nitrogens with one attached hydrogen (secondary N) is 2. The number of carbonyl (C=O) groups excluding carboxylic acids is 3. The minimum absolute atomic E-state index is 0.0354. The van der Waals surface area contributed by atoms with E-state index >= 15 is 0 Å². The zero-order valence-corrected chi connectivity index (χ0v) is 23.0. The molecule has 3 fully saturated rings. The van der Waals surface area contributed by atoms with Crippen molar-refractivity contribution < 1.29 is 24.2 Å². The van der Waals surface area contributed by atoms with Gasteiger partial charge in [-0.05, 0) is 68.8 Å². The molecule has 1 spiro atoms. The summed E-state index contributed by atoms with van der Waals surface area (Å²) in [7, 11) is 0. The molecule has 0 aromatic heterocycles. The number of hydrogen-bond donors (Lipinski definition) is 3. The van der Waals surface area contributed by atoms with Crippen molar-refractivity contribution in [2.75, 3.05) is 50.0 Å². The number of piperidine rings is 1. The van der Waals surface area contributed by atoms with Crippen LogP contribution in [0.4, 0.5) is 21.0 Å². The molecule has 3 atom stereocenters. The van der Waals surface area contributed by atoms with Crippen LogP contribution >= 0.6 is 0 Å². The number of nitrogens with zero attached hydrogens (tertiary/aromatic N) is 3. The van der Waals surface area contributed by atoms with E-state index in [4.69, 9.17) is 4.74 Å². The number of urea groups is 1. The SMILES string of the molecule is CC1C(=O)N(C(CCN2CCC3(CC3)C(O)C2)COC(=O)Nc2ccccc2)CCN1C(=O)Nc1ccccc1. The highest BCUT2D eigenvalue weighted by Gasteiger charge is 2.51. The van der Waals surface area contributed by atoms with Crippen molar-refractivity contribution in [2.45, 2.75) is 50.8 Å². The Balaban J connectivity index is 1.21. The summed E-state index contributed by atoms with van der Waals surface area (Å²) in [5, 5.41) is 16.2. The predicted molar refractivity (Wildman–Crippen MR) is 152 cm³/mol. The second-order valence-corrected chi connectivity index (χ2v) is 11.2. The highest BCUT2D eigenvalue weighted by Crippen LogP contribution is 2.53. The minimum Gasteiger partial charge on any atom is -0.447 e. The Bertz CT molecular complexity index is 1180. The Morgan fingerprint density at radius 1 is 0.975 bits per heavy atom. The van der Waals surface area contributed by atoms with Gasteiger partial charge in [0.2, 0.25) is 5.91 Å². The van der Waals surface area contributed by atoms with Crippen molar-refractivity contribution in [3.63, 3.8) is 0 Å². The number of β-amino-alcohol motifs (C(OH)–C–C–N with tert-alkyl or cyclic N) is 1. The number of anilines is 2. The number of para-hydroxylation sites is 2. The monoisotopic (exact) mass is 549 g/mol. The summed E-state index contributed by atoms with van der Waals surface area (Å²) in [4.78, 5) is 44.6. The zero-order valence-electron chi connectivity index (χ0n) is 23.0. The number of likely N-dealkylation sites (tertiary alicyclic amines) is 1. The Morgan fingerprint density at radius 3 is 2.25 bits per heavy atom. The first kappa shape index (κ1) is 27.9. The molecule has 2 aromatic rings. The largest absolute Gasteiger partial charge is 0.447 e. The van der Waals surface area contributed by atoms with Crippen molar-refractivity contribution in [1.82, 2.24) is 14.7 Å². The Kier molecular flexibility index (Phi) is 8.56. The fraction of sp³-hybridized carbons (Fsp3) is 0.500. The van der Waals surface area contributed by atoms with Crippen LogP contribution in [0.5, 0.6) is 0 Å². The van der Waals surface area contributed by atoms with Crippen LogP contribution in [0.3, 0.4) is 0 Å². The molecule has 2 aromatic carbocycles. The fourth-order valence-electron chi connectivity index (χ4n) is 5.78. The Morgan fingerprint density at radius 2 is 1.62 bits per heavy atom. The van der Waals surface area contributed by atoms with E-state index in [9.17, 15) is 19.5 Å². The lowest BCUT2D eigenvalue weighted by Crippen LogP contribution is -2.61. The second kappa shape index (κ2) is 12.3. The standard InChI is InChI=1S/C30H39N5O5/c1-22-27(37)35(19-18-34(22)28(38)31-23-8-4-2-5-9-23)25(21-40-29(39)32-24-10-6-3-7-11-24)12-16-33-17-15-30(13-14-30)26(36)20-33/h2-11,22,25-26,36H,12-21H2,1H3,(H,31,38)(H,32,39). The van der Waals surface area contributed by atoms with Crippen molar-refractivity contribution in [3.8, 4) is 0 Å². The molecular weight excluding hydrogens is 510 g/mol. The summed E-state index contributed by atoms with van der Waals surface area (Å²) < 4.78 is 5.60. The van der Waals surface area contributed by atoms with Crippen molar-refractivity contribution in [1.29, 1.82) is 0 Å². The van der Waals surface area contributed by atoms with Crippen molar-refractivity contribution in [2.24, 2.45) is 5.41 Å². The average Bonchev–Trinajstić information content (AvgIpc) is 3.74. The van der Waals surface area contributed by atoms with E-state index in [1.807, 2.05) is 36.4 Å². The first-order valence-corrected chi connectivity index (χ1v) is 14.2. The number of carbonyl (C=O) groups is 3. The van der Waals surface area contributed by atoms with Gasteiger partial charge in [-0.15, -0.1) is 0 Å². The van der Waals surface area contributed by atoms with Gasteiger partial charge >= 0.3 is 12.1 Å². The molecule has 2 aliphatic heterocycles. The molecule has 10 heteroatoms. The quantitative estimate of drug-likeness (QED) is 0.464. The summed E-state index contributed by atoms with van der Waals surface area (Å²) >= 11 is 0. The molecule has 40 heavy (non-hydrogen) atoms. The van der Waals surface area contributed by atoms with Crippen molar-refractivity contribution in [3.05, 3.63) is 60.7 Å². The molecule has 4 amide bonds. The highest BCUT2D eigenvalue weighted by molar-refractivity contribution is 5.94. The third-order valence-corrected chi connectivity index (χ3v) is 8.58. The smallest absolute Gasteiger partial charge is 0.411 e. The van der Waals surface area contributed by atoms with E-state index in [-0.39, 0.29) is 36.1 Å². The lowest BCUT2D eigenvalue weighted by molar-refractivity contribution is -0.143. The summed E-state index contributed by atoms with van der Waals surface area (Å²) in [6, 6.07) is 16.9. The molecule has 2 saturated heterocycles. The van der Waals surface area contributed by atoms with Crippen LogP contribution in [0.15, 0.2) is 60.7 Å². The van der Waals surface area contributed by atoms with E-state index < -0.39 is 12.1 Å². The summed E-state index contributed by atoms with van der Waals surface area (Å²) in [6.07, 6.45) is 2.88. The lowest BCUT2D eigenvalue weighted by atomic mass is 9.90. The molecular formula is C30H39N5O5. The molecule has 5 rings (SSSR count). The number of ether oxygens (including phenoxy) is 1. The zero-order chi connectivity index (χ0) is 28.1. The number of benzene rings is 2. The van der Waals surface area contributed by atoms with Gasteiger partial charge in [0.1, 0.15) is 12.6 Å². The number of amides is 4. The third kappa shape index (κ3) is 6.56. The number of rotatable bonds is 8. The van der Waals surface area contributed by atoms with E-state index in [1.54, 1.807) is 41.0 Å². The number of piperazine rings is 1. The van der Waals surface area contributed by atoms with Crippen molar-refractivity contribution >= 4 is 29.4 Å². The van der Waals surface area contributed by atoms with Gasteiger partial charge in [0.15, 0.2) is 0 Å². The van der Waals surface area contributed by atoms with E-state index in [0.717, 1.165) is 25.8 Å². The minimum atomic E-state index is -0.662. The molecule has 0 radical (unpaired) electrons. The molecule has 214 valence electrons. The Labute approximate surface area is 235 Å². The number of aliphatic hydroxyl groups excluding tert-OH is 1. The average molecular weight is 550 g/mol. The van der Waals surface area contributed by atoms with E-state index in [1.165, 1.54) is 0 Å². The van der Waals surface area contributed by atoms with Gasteiger partial charge in [-0.3, -0.25) is 10.1 Å². The van der Waals surface area contributed by atoms with Crippen LogP contribution in [0.1, 0.15) is 32.6 Å². The topological polar surface area (TPSA) is 114 Å². The second-order valence-electron chi connectivity index (χ2n) is 11.2.